The van der Waals surface area contributed by atoms with Crippen LogP contribution >= 0.6 is 0 Å². The monoisotopic (exact) mass is 515 g/mol. The van der Waals surface area contributed by atoms with Gasteiger partial charge < -0.3 is 15.0 Å². The summed E-state index contributed by atoms with van der Waals surface area (Å²) in [5.74, 6) is 0.0134. The van der Waals surface area contributed by atoms with E-state index in [4.69, 9.17) is 4.74 Å². The number of hydrogen-bond acceptors (Lipinski definition) is 5. The van der Waals surface area contributed by atoms with E-state index >= 15 is 0 Å². The van der Waals surface area contributed by atoms with E-state index in [0.717, 1.165) is 25.7 Å². The molecular weight excluding hydrogens is 478 g/mol. The molecule has 2 aliphatic rings. The average Bonchev–Trinajstić information content (AvgIpc) is 2.83. The van der Waals surface area contributed by atoms with Crippen LogP contribution in [-0.4, -0.2) is 50.1 Å². The maximum absolute atomic E-state index is 13.4. The fourth-order valence-corrected chi connectivity index (χ4v) is 6.52. The van der Waals surface area contributed by atoms with Crippen LogP contribution < -0.4 is 10.0 Å². The summed E-state index contributed by atoms with van der Waals surface area (Å²) in [7, 11) is -3.82. The van der Waals surface area contributed by atoms with Crippen molar-refractivity contribution in [3.63, 3.8) is 0 Å². The number of ether oxygens (including phenoxy) is 1. The number of carbonyl (C=O) groups excluding carboxylic acids is 2. The number of likely N-dealkylation sites (tertiary alicyclic amines) is 1. The number of hydrogen-bond donors (Lipinski definition) is 2. The number of piperidine rings is 1. The number of nitrogens with zero attached hydrogens (tertiary/aromatic N) is 1. The molecule has 2 N–H and O–H groups in total. The van der Waals surface area contributed by atoms with Crippen LogP contribution in [0.4, 0.5) is 10.5 Å². The summed E-state index contributed by atoms with van der Waals surface area (Å²) in [4.78, 5) is 27.0. The predicted molar refractivity (Wildman–Crippen MR) is 140 cm³/mol. The highest BCUT2D eigenvalue weighted by Gasteiger charge is 2.30. The third-order valence-electron chi connectivity index (χ3n) is 6.88. The Hall–Kier alpha value is -2.65. The summed E-state index contributed by atoms with van der Waals surface area (Å²) >= 11 is 0. The third-order valence-corrected chi connectivity index (χ3v) is 8.45. The van der Waals surface area contributed by atoms with Gasteiger partial charge in [-0.15, -0.1) is 0 Å². The van der Waals surface area contributed by atoms with Gasteiger partial charge in [-0.05, 0) is 58.6 Å². The fourth-order valence-electron chi connectivity index (χ4n) is 5.00. The Bertz CT molecular complexity index is 1210. The zero-order valence-electron chi connectivity index (χ0n) is 21.4. The molecule has 2 aromatic rings. The Morgan fingerprint density at radius 3 is 2.19 bits per heavy atom. The normalized spacial score (nSPS) is 18.2. The van der Waals surface area contributed by atoms with Crippen molar-refractivity contribution in [1.29, 1.82) is 0 Å². The molecular formula is C27H37N3O5S. The predicted octanol–water partition coefficient (Wildman–Crippen LogP) is 5.04. The average molecular weight is 516 g/mol. The fraction of sp³-hybridized carbons (Fsp3) is 0.556. The van der Waals surface area contributed by atoms with Crippen molar-refractivity contribution < 1.29 is 22.7 Å². The Labute approximate surface area is 213 Å². The second-order valence-electron chi connectivity index (χ2n) is 10.8. The van der Waals surface area contributed by atoms with Crippen molar-refractivity contribution in [3.8, 4) is 0 Å². The number of amides is 2. The molecule has 0 atom stereocenters. The highest BCUT2D eigenvalue weighted by molar-refractivity contribution is 7.89. The number of benzene rings is 2. The van der Waals surface area contributed by atoms with Crippen LogP contribution in [-0.2, 0) is 19.6 Å². The van der Waals surface area contributed by atoms with Gasteiger partial charge in [-0.3, -0.25) is 4.79 Å². The standard InChI is InChI=1S/C27H37N3O5S/c1-27(2,3)35-26(32)30-17-15-20(16-18-30)29-36(33,34)24-14-13-23(21-11-7-8-12-22(21)24)28-25(31)19-9-5-4-6-10-19/h7-8,11-14,19-20,29H,4-6,9-10,15-18H2,1-3H3,(H,28,31). The molecule has 2 amide bonds. The third kappa shape index (κ3) is 6.37. The van der Waals surface area contributed by atoms with Crippen LogP contribution in [0.1, 0.15) is 65.7 Å². The molecule has 1 saturated heterocycles. The van der Waals surface area contributed by atoms with Gasteiger partial charge in [0, 0.05) is 41.5 Å². The van der Waals surface area contributed by atoms with Gasteiger partial charge in [0.1, 0.15) is 5.60 Å². The molecule has 36 heavy (non-hydrogen) atoms. The first-order valence-corrected chi connectivity index (χ1v) is 14.3. The van der Waals surface area contributed by atoms with E-state index in [-0.39, 0.29) is 28.9 Å². The maximum Gasteiger partial charge on any atom is 0.410 e. The number of fused-ring (bicyclic) bond motifs is 1. The van der Waals surface area contributed by atoms with Crippen molar-refractivity contribution in [2.75, 3.05) is 18.4 Å². The SMILES string of the molecule is CC(C)(C)OC(=O)N1CCC(NS(=O)(=O)c2ccc(NC(=O)C3CCCCC3)c3ccccc23)CC1. The first kappa shape index (κ1) is 26.4. The highest BCUT2D eigenvalue weighted by Crippen LogP contribution is 2.32. The van der Waals surface area contributed by atoms with Gasteiger partial charge in [0.05, 0.1) is 4.90 Å². The summed E-state index contributed by atoms with van der Waals surface area (Å²) in [5, 5.41) is 4.31. The van der Waals surface area contributed by atoms with Gasteiger partial charge in [0.15, 0.2) is 0 Å². The van der Waals surface area contributed by atoms with Gasteiger partial charge >= 0.3 is 6.09 Å². The molecule has 0 unspecified atom stereocenters. The van der Waals surface area contributed by atoms with E-state index in [1.807, 2.05) is 32.9 Å². The Morgan fingerprint density at radius 1 is 0.917 bits per heavy atom. The van der Waals surface area contributed by atoms with Crippen LogP contribution in [0.15, 0.2) is 41.3 Å². The second kappa shape index (κ2) is 10.8. The van der Waals surface area contributed by atoms with Crippen LogP contribution in [0, 0.1) is 5.92 Å². The molecule has 4 rings (SSSR count). The zero-order chi connectivity index (χ0) is 25.9. The molecule has 196 valence electrons. The molecule has 0 bridgehead atoms. The molecule has 0 aromatic heterocycles. The number of carbonyl (C=O) groups is 2. The molecule has 1 aliphatic carbocycles. The van der Waals surface area contributed by atoms with Crippen LogP contribution in [0.5, 0.6) is 0 Å². The van der Waals surface area contributed by atoms with Crippen LogP contribution in [0.3, 0.4) is 0 Å². The van der Waals surface area contributed by atoms with E-state index in [9.17, 15) is 18.0 Å². The minimum atomic E-state index is -3.82. The second-order valence-corrected chi connectivity index (χ2v) is 12.5. The summed E-state index contributed by atoms with van der Waals surface area (Å²) in [6, 6.07) is 10.2. The molecule has 1 saturated carbocycles. The van der Waals surface area contributed by atoms with E-state index in [1.165, 1.54) is 6.42 Å². The largest absolute Gasteiger partial charge is 0.444 e. The molecule has 2 fully saturated rings. The minimum Gasteiger partial charge on any atom is -0.444 e. The van der Waals surface area contributed by atoms with Crippen LogP contribution in [0.2, 0.25) is 0 Å². The number of anilines is 1. The highest BCUT2D eigenvalue weighted by atomic mass is 32.2. The van der Waals surface area contributed by atoms with Crippen molar-refractivity contribution in [1.82, 2.24) is 9.62 Å². The van der Waals surface area contributed by atoms with Gasteiger partial charge in [-0.1, -0.05) is 43.5 Å². The summed E-state index contributed by atoms with van der Waals surface area (Å²) < 4.78 is 35.0. The van der Waals surface area contributed by atoms with Gasteiger partial charge in [0.2, 0.25) is 15.9 Å². The lowest BCUT2D eigenvalue weighted by Crippen LogP contribution is -2.47. The Morgan fingerprint density at radius 2 is 1.56 bits per heavy atom. The molecule has 8 nitrogen and oxygen atoms in total. The summed E-state index contributed by atoms with van der Waals surface area (Å²) in [6.45, 7) is 6.32. The minimum absolute atomic E-state index is 0.00494. The van der Waals surface area contributed by atoms with Crippen LogP contribution in [0.25, 0.3) is 10.8 Å². The van der Waals surface area contributed by atoms with Crippen molar-refractivity contribution in [2.24, 2.45) is 5.92 Å². The van der Waals surface area contributed by atoms with E-state index < -0.39 is 15.6 Å². The molecule has 0 radical (unpaired) electrons. The first-order valence-electron chi connectivity index (χ1n) is 12.9. The molecule has 0 spiro atoms. The zero-order valence-corrected chi connectivity index (χ0v) is 22.2. The lowest BCUT2D eigenvalue weighted by Gasteiger charge is -2.33. The van der Waals surface area contributed by atoms with Crippen molar-refractivity contribution in [2.45, 2.75) is 82.3 Å². The lowest BCUT2D eigenvalue weighted by molar-refractivity contribution is -0.120. The van der Waals surface area contributed by atoms with Crippen molar-refractivity contribution in [3.05, 3.63) is 36.4 Å². The first-order chi connectivity index (χ1) is 17.0. The number of sulfonamides is 1. The van der Waals surface area contributed by atoms with Gasteiger partial charge in [-0.2, -0.15) is 0 Å². The topological polar surface area (TPSA) is 105 Å². The van der Waals surface area contributed by atoms with E-state index in [2.05, 4.69) is 10.0 Å². The Kier molecular flexibility index (Phi) is 7.90. The van der Waals surface area contributed by atoms with E-state index in [0.29, 0.717) is 42.4 Å². The molecule has 2 aromatic carbocycles. The van der Waals surface area contributed by atoms with E-state index in [1.54, 1.807) is 29.2 Å². The van der Waals surface area contributed by atoms with Gasteiger partial charge in [-0.25, -0.2) is 17.9 Å². The van der Waals surface area contributed by atoms with Gasteiger partial charge in [0.25, 0.3) is 0 Å². The summed E-state index contributed by atoms with van der Waals surface area (Å²) in [5.41, 5.74) is 0.0595. The molecule has 1 heterocycles. The Balaban J connectivity index is 1.46. The smallest absolute Gasteiger partial charge is 0.410 e. The number of nitrogens with one attached hydrogen (secondary N) is 2. The molecule has 9 heteroatoms. The quantitative estimate of drug-likeness (QED) is 0.581. The number of rotatable bonds is 5. The lowest BCUT2D eigenvalue weighted by atomic mass is 9.88. The summed E-state index contributed by atoms with van der Waals surface area (Å²) in [6.07, 6.45) is 5.74. The van der Waals surface area contributed by atoms with Crippen molar-refractivity contribution >= 4 is 38.5 Å². The maximum atomic E-state index is 13.4. The molecule has 1 aliphatic heterocycles.